The molecule has 0 radical (unpaired) electrons. The van der Waals surface area contributed by atoms with Crippen LogP contribution in [0.3, 0.4) is 0 Å². The highest BCUT2D eigenvalue weighted by molar-refractivity contribution is 5.80. The molecule has 0 aliphatic heterocycles. The average molecular weight is 348 g/mol. The van der Waals surface area contributed by atoms with Gasteiger partial charge in [0, 0.05) is 6.07 Å². The van der Waals surface area contributed by atoms with Gasteiger partial charge in [-0.3, -0.25) is 4.79 Å². The molecule has 1 aromatic heterocycles. The third-order valence-electron chi connectivity index (χ3n) is 3.12. The number of para-hydroxylation sites is 1. The average Bonchev–Trinajstić information content (AvgIpc) is 2.58. The minimum Gasteiger partial charge on any atom is -1.00 e. The minimum atomic E-state index is -0.462. The van der Waals surface area contributed by atoms with E-state index in [0.29, 0.717) is 22.5 Å². The Bertz CT molecular complexity index is 908. The van der Waals surface area contributed by atoms with Gasteiger partial charge in [-0.25, -0.2) is 4.79 Å². The fourth-order valence-corrected chi connectivity index (χ4v) is 2.02. The summed E-state index contributed by atoms with van der Waals surface area (Å²) in [5, 5.41) is 0.341. The van der Waals surface area contributed by atoms with E-state index in [1.54, 1.807) is 24.3 Å². The highest BCUT2D eigenvalue weighted by Crippen LogP contribution is 2.23. The molecule has 6 nitrogen and oxygen atoms in total. The third kappa shape index (κ3) is 3.73. The molecule has 0 amide bonds. The summed E-state index contributed by atoms with van der Waals surface area (Å²) in [6.45, 7) is 0.0197. The van der Waals surface area contributed by atoms with Gasteiger partial charge >= 0.3 is 5.97 Å². The van der Waals surface area contributed by atoms with Gasteiger partial charge in [-0.2, -0.15) is 0 Å². The summed E-state index contributed by atoms with van der Waals surface area (Å²) in [4.78, 5) is 23.7. The molecule has 2 aromatic carbocycles. The minimum absolute atomic E-state index is 0. The van der Waals surface area contributed by atoms with Crippen LogP contribution in [0.15, 0.2) is 64.0 Å². The lowest BCUT2D eigenvalue weighted by atomic mass is 10.2. The molecule has 7 heteroatoms. The predicted molar refractivity (Wildman–Crippen MR) is 82.4 cm³/mol. The van der Waals surface area contributed by atoms with Crippen LogP contribution >= 0.6 is 0 Å². The van der Waals surface area contributed by atoms with Crippen molar-refractivity contribution in [1.82, 2.24) is 0 Å². The molecule has 0 unspecified atom stereocenters. The van der Waals surface area contributed by atoms with Crippen molar-refractivity contribution in [3.8, 4) is 17.2 Å². The summed E-state index contributed by atoms with van der Waals surface area (Å²) in [5.41, 5.74) is 3.45. The van der Waals surface area contributed by atoms with E-state index in [-0.39, 0.29) is 30.1 Å². The van der Waals surface area contributed by atoms with Crippen LogP contribution in [0, 0.1) is 0 Å². The predicted octanol–water partition coefficient (Wildman–Crippen LogP) is -1.26. The fraction of sp³-hybridized carbons (Fsp3) is 0.0588. The Balaban J connectivity index is 0.00000208. The van der Waals surface area contributed by atoms with Gasteiger partial charge < -0.3 is 32.0 Å². The number of hydrogen-bond donors (Lipinski definition) is 1. The number of benzene rings is 2. The molecule has 0 aliphatic rings. The van der Waals surface area contributed by atoms with E-state index in [4.69, 9.17) is 13.9 Å². The molecule has 3 N–H and O–H groups in total. The van der Waals surface area contributed by atoms with E-state index in [1.807, 2.05) is 6.07 Å². The smallest absolute Gasteiger partial charge is 0.366 e. The van der Waals surface area contributed by atoms with Gasteiger partial charge in [-0.15, -0.1) is 0 Å². The lowest BCUT2D eigenvalue weighted by Gasteiger charge is -2.06. The monoisotopic (exact) mass is 347 g/mol. The number of carbonyl (C=O) groups excluding carboxylic acids is 1. The molecule has 0 spiro atoms. The second kappa shape index (κ2) is 7.63. The zero-order chi connectivity index (χ0) is 16.2. The number of esters is 1. The van der Waals surface area contributed by atoms with Crippen molar-refractivity contribution in [1.29, 1.82) is 0 Å². The van der Waals surface area contributed by atoms with E-state index in [9.17, 15) is 9.59 Å². The summed E-state index contributed by atoms with van der Waals surface area (Å²) in [7, 11) is 0. The third-order valence-corrected chi connectivity index (χ3v) is 3.12. The van der Waals surface area contributed by atoms with Crippen molar-refractivity contribution >= 4 is 16.9 Å². The Kier molecular flexibility index (Phi) is 5.57. The Hall–Kier alpha value is -2.83. The number of fused-ring (bicyclic) bond motifs is 1. The van der Waals surface area contributed by atoms with Gasteiger partial charge in [0.2, 0.25) is 11.2 Å². The highest BCUT2D eigenvalue weighted by Gasteiger charge is 2.11. The molecule has 0 bridgehead atoms. The molecule has 3 rings (SSSR count). The lowest BCUT2D eigenvalue weighted by molar-refractivity contribution is -0.358. The number of ether oxygens (including phenoxy) is 2. The molecular weight excluding hydrogens is 334 g/mol. The fourth-order valence-electron chi connectivity index (χ4n) is 2.02. The van der Waals surface area contributed by atoms with Crippen LogP contribution in [0.4, 0.5) is 0 Å². The summed E-state index contributed by atoms with van der Waals surface area (Å²) in [5.74, 6) is 0.466. The van der Waals surface area contributed by atoms with E-state index in [0.717, 1.165) is 0 Å². The molecular formula is C17H14ClNO5. The Morgan fingerprint density at radius 2 is 1.83 bits per heavy atom. The Morgan fingerprint density at radius 1 is 1.08 bits per heavy atom. The maximum absolute atomic E-state index is 12.4. The lowest BCUT2D eigenvalue weighted by Crippen LogP contribution is -3.00. The SMILES string of the molecule is [Cl-].[NH3+]CC(=O)Oc1ccc2c(=O)c(Oc3ccccc3)coc2c1. The number of halogens is 1. The first-order valence-corrected chi connectivity index (χ1v) is 6.96. The number of carbonyl (C=O) groups is 1. The van der Waals surface area contributed by atoms with E-state index in [2.05, 4.69) is 5.73 Å². The first-order chi connectivity index (χ1) is 11.2. The topological polar surface area (TPSA) is 93.4 Å². The maximum atomic E-state index is 12.4. The van der Waals surface area contributed by atoms with Gasteiger partial charge in [-0.05, 0) is 24.3 Å². The van der Waals surface area contributed by atoms with Gasteiger partial charge in [-0.1, -0.05) is 18.2 Å². The van der Waals surface area contributed by atoms with Crippen LogP contribution in [-0.2, 0) is 4.79 Å². The quantitative estimate of drug-likeness (QED) is 0.469. The molecule has 0 fully saturated rings. The van der Waals surface area contributed by atoms with E-state index >= 15 is 0 Å². The summed E-state index contributed by atoms with van der Waals surface area (Å²) < 4.78 is 16.0. The number of quaternary nitrogens is 1. The van der Waals surface area contributed by atoms with Crippen molar-refractivity contribution in [3.63, 3.8) is 0 Å². The second-order valence-corrected chi connectivity index (χ2v) is 4.73. The van der Waals surface area contributed by atoms with Gasteiger partial charge in [0.1, 0.15) is 23.3 Å². The molecule has 24 heavy (non-hydrogen) atoms. The van der Waals surface area contributed by atoms with E-state index in [1.165, 1.54) is 24.5 Å². The van der Waals surface area contributed by atoms with Crippen LogP contribution in [0.5, 0.6) is 17.2 Å². The normalized spacial score (nSPS) is 10.0. The molecule has 124 valence electrons. The summed E-state index contributed by atoms with van der Waals surface area (Å²) in [6.07, 6.45) is 1.24. The van der Waals surface area contributed by atoms with Crippen molar-refractivity contribution in [2.24, 2.45) is 0 Å². The zero-order valence-corrected chi connectivity index (χ0v) is 13.3. The highest BCUT2D eigenvalue weighted by atomic mass is 35.5. The van der Waals surface area contributed by atoms with Gasteiger partial charge in [0.25, 0.3) is 0 Å². The first-order valence-electron chi connectivity index (χ1n) is 6.96. The first kappa shape index (κ1) is 17.5. The van der Waals surface area contributed by atoms with Gasteiger partial charge in [0.15, 0.2) is 6.54 Å². The molecule has 0 saturated heterocycles. The van der Waals surface area contributed by atoms with Crippen molar-refractivity contribution in [3.05, 3.63) is 65.0 Å². The largest absolute Gasteiger partial charge is 1.00 e. The molecule has 1 heterocycles. The molecule has 0 saturated carbocycles. The molecule has 3 aromatic rings. The van der Waals surface area contributed by atoms with Crippen LogP contribution in [0.2, 0.25) is 0 Å². The second-order valence-electron chi connectivity index (χ2n) is 4.73. The Morgan fingerprint density at radius 3 is 2.54 bits per heavy atom. The van der Waals surface area contributed by atoms with Gasteiger partial charge in [0.05, 0.1) is 5.39 Å². The zero-order valence-electron chi connectivity index (χ0n) is 12.5. The standard InChI is InChI=1S/C17H13NO5.ClH/c18-9-16(19)23-12-6-7-13-14(8-12)21-10-15(17(13)20)22-11-4-2-1-3-5-11;/h1-8,10H,9,18H2;1H. The van der Waals surface area contributed by atoms with Crippen molar-refractivity contribution < 1.29 is 36.8 Å². The molecule has 0 atom stereocenters. The number of hydrogen-bond acceptors (Lipinski definition) is 5. The van der Waals surface area contributed by atoms with Crippen LogP contribution in [0.1, 0.15) is 0 Å². The Labute approximate surface area is 143 Å². The number of rotatable bonds is 4. The maximum Gasteiger partial charge on any atom is 0.366 e. The van der Waals surface area contributed by atoms with Crippen LogP contribution in [0.25, 0.3) is 11.0 Å². The van der Waals surface area contributed by atoms with Crippen LogP contribution in [-0.4, -0.2) is 12.5 Å². The summed E-state index contributed by atoms with van der Waals surface area (Å²) >= 11 is 0. The van der Waals surface area contributed by atoms with Crippen LogP contribution < -0.4 is 33.0 Å². The van der Waals surface area contributed by atoms with Crippen molar-refractivity contribution in [2.45, 2.75) is 0 Å². The molecule has 0 aliphatic carbocycles. The summed E-state index contributed by atoms with van der Waals surface area (Å²) in [6, 6.07) is 13.5. The van der Waals surface area contributed by atoms with E-state index < -0.39 is 5.97 Å². The van der Waals surface area contributed by atoms with Crippen molar-refractivity contribution in [2.75, 3.05) is 6.54 Å².